The van der Waals surface area contributed by atoms with E-state index in [9.17, 15) is 4.79 Å². The van der Waals surface area contributed by atoms with E-state index in [1.165, 1.54) is 0 Å². The van der Waals surface area contributed by atoms with Gasteiger partial charge in [-0.1, -0.05) is 0 Å². The molecule has 3 rings (SSSR count). The number of nitrogens with one attached hydrogen (secondary N) is 1. The molecular weight excluding hydrogens is 288 g/mol. The van der Waals surface area contributed by atoms with Gasteiger partial charge >= 0.3 is 0 Å². The summed E-state index contributed by atoms with van der Waals surface area (Å²) in [6.45, 7) is 3.47. The van der Waals surface area contributed by atoms with Crippen LogP contribution in [-0.4, -0.2) is 20.7 Å². The highest BCUT2D eigenvalue weighted by Crippen LogP contribution is 2.20. The lowest BCUT2D eigenvalue weighted by atomic mass is 10.1. The Bertz CT molecular complexity index is 829. The van der Waals surface area contributed by atoms with Crippen LogP contribution in [0, 0.1) is 6.92 Å². The van der Waals surface area contributed by atoms with Crippen molar-refractivity contribution >= 4 is 17.3 Å². The summed E-state index contributed by atoms with van der Waals surface area (Å²) in [6, 6.07) is 13.0. The number of aryl methyl sites for hydroxylation is 1. The third-order valence-corrected chi connectivity index (χ3v) is 3.34. The standard InChI is InChI=1S/C18H16N4O/c1-12-10-17(21-16-7-5-14(6-8-16)13(2)23)22-18(20-12)15-4-3-9-19-11-15/h3-11H,1-2H3,(H,20,21,22). The first-order valence-corrected chi connectivity index (χ1v) is 7.26. The van der Waals surface area contributed by atoms with E-state index in [2.05, 4.69) is 20.3 Å². The fourth-order valence-corrected chi connectivity index (χ4v) is 2.19. The highest BCUT2D eigenvalue weighted by atomic mass is 16.1. The predicted octanol–water partition coefficient (Wildman–Crippen LogP) is 3.79. The molecule has 3 aromatic rings. The number of nitrogens with zero attached hydrogens (tertiary/aromatic N) is 3. The number of aromatic nitrogens is 3. The second-order valence-electron chi connectivity index (χ2n) is 5.22. The number of benzene rings is 1. The summed E-state index contributed by atoms with van der Waals surface area (Å²) in [7, 11) is 0. The van der Waals surface area contributed by atoms with Crippen LogP contribution in [0.5, 0.6) is 0 Å². The molecule has 0 bridgehead atoms. The minimum atomic E-state index is 0.0493. The molecule has 0 aliphatic carbocycles. The third-order valence-electron chi connectivity index (χ3n) is 3.34. The van der Waals surface area contributed by atoms with Gasteiger partial charge in [0.05, 0.1) is 0 Å². The van der Waals surface area contributed by atoms with Crippen molar-refractivity contribution in [3.63, 3.8) is 0 Å². The number of pyridine rings is 1. The molecule has 0 spiro atoms. The van der Waals surface area contributed by atoms with E-state index in [-0.39, 0.29) is 5.78 Å². The van der Waals surface area contributed by atoms with E-state index in [0.29, 0.717) is 17.2 Å². The maximum Gasteiger partial charge on any atom is 0.163 e. The van der Waals surface area contributed by atoms with Crippen LogP contribution < -0.4 is 5.32 Å². The van der Waals surface area contributed by atoms with Gasteiger partial charge in [0.1, 0.15) is 5.82 Å². The lowest BCUT2D eigenvalue weighted by Gasteiger charge is -2.09. The van der Waals surface area contributed by atoms with Gasteiger partial charge in [-0.25, -0.2) is 9.97 Å². The normalized spacial score (nSPS) is 10.3. The number of rotatable bonds is 4. The van der Waals surface area contributed by atoms with Crippen LogP contribution in [0.2, 0.25) is 0 Å². The van der Waals surface area contributed by atoms with E-state index < -0.39 is 0 Å². The SMILES string of the molecule is CC(=O)c1ccc(Nc2cc(C)nc(-c3cccnc3)n2)cc1. The molecule has 2 aromatic heterocycles. The average molecular weight is 304 g/mol. The van der Waals surface area contributed by atoms with Crippen molar-refractivity contribution in [2.45, 2.75) is 13.8 Å². The van der Waals surface area contributed by atoms with Crippen LogP contribution in [0.15, 0.2) is 54.9 Å². The number of carbonyl (C=O) groups excluding carboxylic acids is 1. The Balaban J connectivity index is 1.88. The summed E-state index contributed by atoms with van der Waals surface area (Å²) >= 11 is 0. The quantitative estimate of drug-likeness (QED) is 0.743. The molecule has 0 radical (unpaired) electrons. The Morgan fingerprint density at radius 3 is 2.52 bits per heavy atom. The number of Topliss-reactive ketones (excluding diaryl/α,β-unsaturated/α-hetero) is 1. The van der Waals surface area contributed by atoms with Crippen LogP contribution in [0.25, 0.3) is 11.4 Å². The number of anilines is 2. The highest BCUT2D eigenvalue weighted by molar-refractivity contribution is 5.94. The summed E-state index contributed by atoms with van der Waals surface area (Å²) in [6.07, 6.45) is 3.45. The van der Waals surface area contributed by atoms with Gasteiger partial charge in [0.25, 0.3) is 0 Å². The first-order valence-electron chi connectivity index (χ1n) is 7.26. The van der Waals surface area contributed by atoms with E-state index in [1.54, 1.807) is 31.5 Å². The Morgan fingerprint density at radius 1 is 1.09 bits per heavy atom. The third kappa shape index (κ3) is 3.58. The number of hydrogen-bond donors (Lipinski definition) is 1. The summed E-state index contributed by atoms with van der Waals surface area (Å²) in [4.78, 5) is 24.4. The molecule has 0 amide bonds. The first kappa shape index (κ1) is 14.8. The largest absolute Gasteiger partial charge is 0.340 e. The van der Waals surface area contributed by atoms with Crippen molar-refractivity contribution in [3.8, 4) is 11.4 Å². The molecule has 0 aliphatic rings. The lowest BCUT2D eigenvalue weighted by Crippen LogP contribution is -2.00. The van der Waals surface area contributed by atoms with Crippen LogP contribution >= 0.6 is 0 Å². The van der Waals surface area contributed by atoms with Crippen molar-refractivity contribution in [2.24, 2.45) is 0 Å². The Morgan fingerprint density at radius 2 is 1.87 bits per heavy atom. The van der Waals surface area contributed by atoms with Crippen molar-refractivity contribution in [1.82, 2.24) is 15.0 Å². The van der Waals surface area contributed by atoms with E-state index >= 15 is 0 Å². The Hall–Kier alpha value is -3.08. The molecule has 2 heterocycles. The molecule has 23 heavy (non-hydrogen) atoms. The Labute approximate surface area is 134 Å². The summed E-state index contributed by atoms with van der Waals surface area (Å²) in [5.74, 6) is 1.38. The molecule has 1 N–H and O–H groups in total. The molecule has 0 unspecified atom stereocenters. The number of ketones is 1. The molecule has 5 heteroatoms. The van der Waals surface area contributed by atoms with Gasteiger partial charge in [-0.15, -0.1) is 0 Å². The highest BCUT2D eigenvalue weighted by Gasteiger charge is 2.06. The predicted molar refractivity (Wildman–Crippen MR) is 89.7 cm³/mol. The summed E-state index contributed by atoms with van der Waals surface area (Å²) < 4.78 is 0. The van der Waals surface area contributed by atoms with Gasteiger partial charge in [-0.3, -0.25) is 9.78 Å². The van der Waals surface area contributed by atoms with E-state index in [0.717, 1.165) is 16.9 Å². The first-order chi connectivity index (χ1) is 11.1. The zero-order valence-electron chi connectivity index (χ0n) is 12.9. The zero-order chi connectivity index (χ0) is 16.2. The van der Waals surface area contributed by atoms with Crippen LogP contribution in [0.4, 0.5) is 11.5 Å². The molecule has 5 nitrogen and oxygen atoms in total. The second-order valence-corrected chi connectivity index (χ2v) is 5.22. The van der Waals surface area contributed by atoms with Gasteiger partial charge in [0, 0.05) is 41.0 Å². The zero-order valence-corrected chi connectivity index (χ0v) is 12.9. The molecule has 114 valence electrons. The average Bonchev–Trinajstić information content (AvgIpc) is 2.55. The molecule has 0 saturated carbocycles. The molecule has 0 saturated heterocycles. The van der Waals surface area contributed by atoms with E-state index in [4.69, 9.17) is 0 Å². The van der Waals surface area contributed by atoms with Crippen molar-refractivity contribution < 1.29 is 4.79 Å². The molecular formula is C18H16N4O. The number of carbonyl (C=O) groups is 1. The molecule has 0 fully saturated rings. The van der Waals surface area contributed by atoms with Crippen molar-refractivity contribution in [1.29, 1.82) is 0 Å². The fourth-order valence-electron chi connectivity index (χ4n) is 2.19. The van der Waals surface area contributed by atoms with Gasteiger partial charge < -0.3 is 5.32 Å². The minimum Gasteiger partial charge on any atom is -0.340 e. The van der Waals surface area contributed by atoms with Crippen LogP contribution in [0.3, 0.4) is 0 Å². The van der Waals surface area contributed by atoms with Crippen molar-refractivity contribution in [3.05, 3.63) is 66.1 Å². The minimum absolute atomic E-state index is 0.0493. The lowest BCUT2D eigenvalue weighted by molar-refractivity contribution is 0.101. The van der Waals surface area contributed by atoms with Gasteiger partial charge in [-0.2, -0.15) is 0 Å². The van der Waals surface area contributed by atoms with Gasteiger partial charge in [0.15, 0.2) is 11.6 Å². The van der Waals surface area contributed by atoms with Gasteiger partial charge in [-0.05, 0) is 50.2 Å². The summed E-state index contributed by atoms with van der Waals surface area (Å²) in [5, 5.41) is 3.24. The molecule has 0 aliphatic heterocycles. The maximum atomic E-state index is 11.3. The number of hydrogen-bond acceptors (Lipinski definition) is 5. The Kier molecular flexibility index (Phi) is 4.10. The second kappa shape index (κ2) is 6.36. The molecule has 0 atom stereocenters. The van der Waals surface area contributed by atoms with Crippen LogP contribution in [-0.2, 0) is 0 Å². The monoisotopic (exact) mass is 304 g/mol. The maximum absolute atomic E-state index is 11.3. The molecule has 1 aromatic carbocycles. The fraction of sp³-hybridized carbons (Fsp3) is 0.111. The van der Waals surface area contributed by atoms with E-state index in [1.807, 2.05) is 37.3 Å². The summed E-state index contributed by atoms with van der Waals surface area (Å²) in [5.41, 5.74) is 3.28. The van der Waals surface area contributed by atoms with Crippen LogP contribution in [0.1, 0.15) is 23.0 Å². The topological polar surface area (TPSA) is 67.8 Å². The smallest absolute Gasteiger partial charge is 0.163 e. The van der Waals surface area contributed by atoms with Crippen molar-refractivity contribution in [2.75, 3.05) is 5.32 Å². The van der Waals surface area contributed by atoms with Gasteiger partial charge in [0.2, 0.25) is 0 Å².